The van der Waals surface area contributed by atoms with Crippen LogP contribution in [0.25, 0.3) is 11.6 Å². The third-order valence-corrected chi connectivity index (χ3v) is 6.13. The van der Waals surface area contributed by atoms with Gasteiger partial charge < -0.3 is 0 Å². The smallest absolute Gasteiger partial charge is 0.0201 e. The molecule has 140 valence electrons. The molecule has 2 aliphatic carbocycles. The number of allylic oxidation sites excluding steroid dienone is 10. The summed E-state index contributed by atoms with van der Waals surface area (Å²) in [7, 11) is 0. The molecule has 0 amide bonds. The van der Waals surface area contributed by atoms with Gasteiger partial charge in [0.2, 0.25) is 0 Å². The van der Waals surface area contributed by atoms with Crippen molar-refractivity contribution in [1.82, 2.24) is 0 Å². The third-order valence-electron chi connectivity index (χ3n) is 5.80. The lowest BCUT2D eigenvalue weighted by Gasteiger charge is -2.31. The average Bonchev–Trinajstić information content (AvgIpc) is 3.41. The standard InChI is InChI=1S/C26H30S/c1-5-8-16-26(18-21(26)7-3)25-17-22(27)14-15-24(25)19(4)23-13-10-9-12-20(23)11-6-2/h6-16,25,27H,4-5,17-18H2,1-3H3/b11-6-,16-8?,21-7?. The summed E-state index contributed by atoms with van der Waals surface area (Å²) in [6, 6.07) is 8.55. The molecule has 0 aromatic heterocycles. The van der Waals surface area contributed by atoms with Gasteiger partial charge in [0.15, 0.2) is 0 Å². The molecule has 0 heterocycles. The predicted octanol–water partition coefficient (Wildman–Crippen LogP) is 7.80. The first-order valence-corrected chi connectivity index (χ1v) is 10.4. The van der Waals surface area contributed by atoms with Gasteiger partial charge in [0.25, 0.3) is 0 Å². The van der Waals surface area contributed by atoms with E-state index in [2.05, 4.69) is 94.1 Å². The minimum absolute atomic E-state index is 0.136. The minimum atomic E-state index is 0.136. The van der Waals surface area contributed by atoms with Crippen LogP contribution in [0, 0.1) is 11.3 Å². The molecule has 0 radical (unpaired) electrons. The number of rotatable bonds is 6. The van der Waals surface area contributed by atoms with Crippen LogP contribution in [-0.2, 0) is 0 Å². The SMILES string of the molecule is C=C(C1=CC=C(S)CC1C1(C=CCC)CC1=CC)c1ccccc1/C=C\C. The Kier molecular flexibility index (Phi) is 6.11. The van der Waals surface area contributed by atoms with Crippen LogP contribution in [-0.4, -0.2) is 0 Å². The molecule has 0 nitrogen and oxygen atoms in total. The minimum Gasteiger partial charge on any atom is -0.148 e. The van der Waals surface area contributed by atoms with E-state index in [1.54, 1.807) is 5.57 Å². The fourth-order valence-corrected chi connectivity index (χ4v) is 4.57. The maximum Gasteiger partial charge on any atom is 0.0201 e. The van der Waals surface area contributed by atoms with Crippen molar-refractivity contribution < 1.29 is 0 Å². The monoisotopic (exact) mass is 374 g/mol. The molecular weight excluding hydrogens is 344 g/mol. The van der Waals surface area contributed by atoms with E-state index < -0.39 is 0 Å². The molecule has 0 saturated heterocycles. The first-order valence-electron chi connectivity index (χ1n) is 9.91. The van der Waals surface area contributed by atoms with E-state index in [4.69, 9.17) is 12.6 Å². The summed E-state index contributed by atoms with van der Waals surface area (Å²) >= 11 is 4.71. The Morgan fingerprint density at radius 3 is 2.70 bits per heavy atom. The first-order chi connectivity index (χ1) is 13.1. The Morgan fingerprint density at radius 1 is 1.26 bits per heavy atom. The van der Waals surface area contributed by atoms with Crippen molar-refractivity contribution in [3.05, 3.63) is 94.5 Å². The molecule has 3 rings (SSSR count). The number of hydrogen-bond donors (Lipinski definition) is 1. The van der Waals surface area contributed by atoms with Crippen LogP contribution >= 0.6 is 12.6 Å². The van der Waals surface area contributed by atoms with Crippen LogP contribution in [0.3, 0.4) is 0 Å². The Hall–Kier alpha value is -1.99. The molecule has 0 aliphatic heterocycles. The number of benzene rings is 1. The second kappa shape index (κ2) is 8.35. The Morgan fingerprint density at radius 2 is 2.04 bits per heavy atom. The van der Waals surface area contributed by atoms with E-state index in [0.29, 0.717) is 5.92 Å². The van der Waals surface area contributed by atoms with Crippen LogP contribution in [0.4, 0.5) is 0 Å². The van der Waals surface area contributed by atoms with Gasteiger partial charge in [-0.25, -0.2) is 0 Å². The quantitative estimate of drug-likeness (QED) is 0.381. The molecule has 1 aromatic carbocycles. The molecule has 1 aromatic rings. The maximum atomic E-state index is 4.71. The zero-order valence-electron chi connectivity index (χ0n) is 16.7. The highest BCUT2D eigenvalue weighted by molar-refractivity contribution is 7.84. The fourth-order valence-electron chi connectivity index (χ4n) is 4.31. The van der Waals surface area contributed by atoms with Gasteiger partial charge in [-0.3, -0.25) is 0 Å². The Bertz CT molecular complexity index is 875. The molecule has 0 N–H and O–H groups in total. The largest absolute Gasteiger partial charge is 0.148 e. The van der Waals surface area contributed by atoms with Gasteiger partial charge >= 0.3 is 0 Å². The summed E-state index contributed by atoms with van der Waals surface area (Å²) in [4.78, 5) is 1.16. The lowest BCUT2D eigenvalue weighted by atomic mass is 9.73. The summed E-state index contributed by atoms with van der Waals surface area (Å²) < 4.78 is 0. The van der Waals surface area contributed by atoms with Crippen LogP contribution in [0.1, 0.15) is 51.2 Å². The topological polar surface area (TPSA) is 0 Å². The van der Waals surface area contributed by atoms with E-state index in [-0.39, 0.29) is 5.41 Å². The molecule has 2 aliphatic rings. The van der Waals surface area contributed by atoms with E-state index in [1.807, 2.05) is 0 Å². The maximum absolute atomic E-state index is 4.71. The van der Waals surface area contributed by atoms with Crippen LogP contribution < -0.4 is 0 Å². The molecule has 27 heavy (non-hydrogen) atoms. The van der Waals surface area contributed by atoms with Gasteiger partial charge in [-0.2, -0.15) is 0 Å². The lowest BCUT2D eigenvalue weighted by Crippen LogP contribution is -2.20. The second-order valence-electron chi connectivity index (χ2n) is 7.44. The molecular formula is C26H30S. The zero-order valence-corrected chi connectivity index (χ0v) is 17.6. The number of hydrogen-bond acceptors (Lipinski definition) is 1. The van der Waals surface area contributed by atoms with Gasteiger partial charge in [0.05, 0.1) is 0 Å². The molecule has 2 unspecified atom stereocenters. The van der Waals surface area contributed by atoms with E-state index >= 15 is 0 Å². The van der Waals surface area contributed by atoms with Crippen molar-refractivity contribution in [1.29, 1.82) is 0 Å². The van der Waals surface area contributed by atoms with E-state index in [0.717, 1.165) is 29.7 Å². The molecule has 0 bridgehead atoms. The molecule has 1 heteroatoms. The van der Waals surface area contributed by atoms with Crippen molar-refractivity contribution in [2.45, 2.75) is 40.0 Å². The van der Waals surface area contributed by atoms with Crippen molar-refractivity contribution in [3.8, 4) is 0 Å². The zero-order chi connectivity index (χ0) is 19.4. The molecule has 1 saturated carbocycles. The molecule has 2 atom stereocenters. The van der Waals surface area contributed by atoms with Gasteiger partial charge in [-0.1, -0.05) is 85.9 Å². The van der Waals surface area contributed by atoms with Crippen molar-refractivity contribution >= 4 is 24.3 Å². The van der Waals surface area contributed by atoms with Gasteiger partial charge in [-0.05, 0) is 60.3 Å². The number of thiol groups is 1. The first kappa shape index (κ1) is 19.8. The molecule has 1 fully saturated rings. The highest BCUT2D eigenvalue weighted by Crippen LogP contribution is 2.64. The summed E-state index contributed by atoms with van der Waals surface area (Å²) in [6.45, 7) is 11.0. The lowest BCUT2D eigenvalue weighted by molar-refractivity contribution is 0.460. The highest BCUT2D eigenvalue weighted by Gasteiger charge is 2.53. The van der Waals surface area contributed by atoms with E-state index in [1.165, 1.54) is 16.7 Å². The van der Waals surface area contributed by atoms with E-state index in [9.17, 15) is 0 Å². The van der Waals surface area contributed by atoms with Crippen molar-refractivity contribution in [2.24, 2.45) is 11.3 Å². The normalized spacial score (nSPS) is 26.5. The summed E-state index contributed by atoms with van der Waals surface area (Å²) in [6.07, 6.45) is 18.9. The van der Waals surface area contributed by atoms with Crippen LogP contribution in [0.2, 0.25) is 0 Å². The van der Waals surface area contributed by atoms with Crippen LogP contribution in [0.15, 0.2) is 83.4 Å². The van der Waals surface area contributed by atoms with Crippen molar-refractivity contribution in [3.63, 3.8) is 0 Å². The summed E-state index contributed by atoms with van der Waals surface area (Å²) in [5.74, 6) is 0.398. The predicted molar refractivity (Wildman–Crippen MR) is 124 cm³/mol. The fraction of sp³-hybridized carbons (Fsp3) is 0.308. The highest BCUT2D eigenvalue weighted by atomic mass is 32.1. The third kappa shape index (κ3) is 3.84. The van der Waals surface area contributed by atoms with Gasteiger partial charge in [0, 0.05) is 11.3 Å². The molecule has 0 spiro atoms. The average molecular weight is 375 g/mol. The van der Waals surface area contributed by atoms with Gasteiger partial charge in [0.1, 0.15) is 0 Å². The van der Waals surface area contributed by atoms with Crippen molar-refractivity contribution in [2.75, 3.05) is 0 Å². The summed E-state index contributed by atoms with van der Waals surface area (Å²) in [5, 5.41) is 0. The summed E-state index contributed by atoms with van der Waals surface area (Å²) in [5.41, 5.74) is 6.61. The van der Waals surface area contributed by atoms with Gasteiger partial charge in [-0.15, -0.1) is 12.6 Å². The Labute approximate surface area is 170 Å². The second-order valence-corrected chi connectivity index (χ2v) is 8.02. The Balaban J connectivity index is 2.05. The van der Waals surface area contributed by atoms with Crippen LogP contribution in [0.5, 0.6) is 0 Å².